The number of aryl methyl sites for hydroxylation is 1. The van der Waals surface area contributed by atoms with E-state index in [1.807, 2.05) is 0 Å². The minimum atomic E-state index is 0.431. The molecule has 0 radical (unpaired) electrons. The Kier molecular flexibility index (Phi) is 6.17. The quantitative estimate of drug-likeness (QED) is 0.847. The Hall–Kier alpha value is -0.380. The van der Waals surface area contributed by atoms with Crippen LogP contribution in [0.2, 0.25) is 0 Å². The van der Waals surface area contributed by atoms with E-state index in [2.05, 4.69) is 48.0 Å². The first-order valence-corrected chi connectivity index (χ1v) is 7.07. The number of benzene rings is 1. The summed E-state index contributed by atoms with van der Waals surface area (Å²) in [6.07, 6.45) is 2.21. The van der Waals surface area contributed by atoms with Crippen LogP contribution in [0.1, 0.15) is 36.8 Å². The zero-order chi connectivity index (χ0) is 12.8. The number of nitrogens with two attached hydrogens (primary N) is 2. The fraction of sp³-hybridized carbons (Fsp3) is 0.571. The van der Waals surface area contributed by atoms with Crippen molar-refractivity contribution in [1.82, 2.24) is 0 Å². The molecule has 1 aromatic rings. The summed E-state index contributed by atoms with van der Waals surface area (Å²) in [6.45, 7) is 5.69. The van der Waals surface area contributed by atoms with Crippen LogP contribution in [-0.2, 0) is 0 Å². The van der Waals surface area contributed by atoms with Crippen LogP contribution in [0.4, 0.5) is 0 Å². The summed E-state index contributed by atoms with van der Waals surface area (Å²) in [4.78, 5) is 0. The lowest BCUT2D eigenvalue weighted by Crippen LogP contribution is -2.25. The van der Waals surface area contributed by atoms with Gasteiger partial charge in [-0.15, -0.1) is 0 Å². The zero-order valence-corrected chi connectivity index (χ0v) is 12.3. The van der Waals surface area contributed by atoms with Gasteiger partial charge in [0.15, 0.2) is 0 Å². The van der Waals surface area contributed by atoms with Gasteiger partial charge < -0.3 is 11.5 Å². The minimum absolute atomic E-state index is 0.431. The third kappa shape index (κ3) is 4.09. The second-order valence-electron chi connectivity index (χ2n) is 4.69. The van der Waals surface area contributed by atoms with Crippen LogP contribution in [0.15, 0.2) is 22.7 Å². The van der Waals surface area contributed by atoms with Crippen LogP contribution in [0.25, 0.3) is 0 Å². The van der Waals surface area contributed by atoms with Gasteiger partial charge in [-0.25, -0.2) is 0 Å². The summed E-state index contributed by atoms with van der Waals surface area (Å²) in [5, 5.41) is 0. The number of rotatable bonds is 6. The minimum Gasteiger partial charge on any atom is -0.330 e. The molecule has 1 aromatic carbocycles. The Morgan fingerprint density at radius 2 is 1.88 bits per heavy atom. The molecule has 0 aliphatic rings. The third-order valence-corrected chi connectivity index (χ3v) is 4.30. The van der Waals surface area contributed by atoms with Crippen molar-refractivity contribution in [2.45, 2.75) is 32.6 Å². The van der Waals surface area contributed by atoms with Crippen LogP contribution in [0, 0.1) is 12.8 Å². The van der Waals surface area contributed by atoms with Gasteiger partial charge >= 0.3 is 0 Å². The fourth-order valence-electron chi connectivity index (χ4n) is 2.09. The Morgan fingerprint density at radius 3 is 2.35 bits per heavy atom. The van der Waals surface area contributed by atoms with Crippen LogP contribution < -0.4 is 11.5 Å². The molecule has 0 bridgehead atoms. The molecule has 0 saturated heterocycles. The van der Waals surface area contributed by atoms with E-state index in [-0.39, 0.29) is 0 Å². The molecular formula is C14H23BrN2. The van der Waals surface area contributed by atoms with Gasteiger partial charge in [-0.1, -0.05) is 35.0 Å². The molecule has 0 aliphatic heterocycles. The summed E-state index contributed by atoms with van der Waals surface area (Å²) < 4.78 is 1.19. The summed E-state index contributed by atoms with van der Waals surface area (Å²) >= 11 is 3.59. The first-order valence-electron chi connectivity index (χ1n) is 6.28. The number of hydrogen-bond donors (Lipinski definition) is 2. The lowest BCUT2D eigenvalue weighted by Gasteiger charge is -2.21. The average molecular weight is 299 g/mol. The monoisotopic (exact) mass is 298 g/mol. The highest BCUT2D eigenvalue weighted by atomic mass is 79.9. The van der Waals surface area contributed by atoms with Crippen molar-refractivity contribution in [3.63, 3.8) is 0 Å². The molecule has 3 heteroatoms. The maximum Gasteiger partial charge on any atom is 0.0207 e. The molecule has 0 amide bonds. The molecular weight excluding hydrogens is 276 g/mol. The molecule has 0 saturated carbocycles. The Bertz CT molecular complexity index is 348. The maximum atomic E-state index is 5.73. The molecule has 0 aliphatic carbocycles. The topological polar surface area (TPSA) is 52.0 Å². The third-order valence-electron chi connectivity index (χ3n) is 3.44. The van der Waals surface area contributed by atoms with E-state index in [1.54, 1.807) is 0 Å². The van der Waals surface area contributed by atoms with Crippen molar-refractivity contribution in [3.8, 4) is 0 Å². The van der Waals surface area contributed by atoms with Crippen molar-refractivity contribution in [1.29, 1.82) is 0 Å². The van der Waals surface area contributed by atoms with Crippen LogP contribution >= 0.6 is 15.9 Å². The number of hydrogen-bond acceptors (Lipinski definition) is 2. The molecule has 2 nitrogen and oxygen atoms in total. The highest BCUT2D eigenvalue weighted by Gasteiger charge is 2.15. The summed E-state index contributed by atoms with van der Waals surface area (Å²) in [5.41, 5.74) is 14.1. The van der Waals surface area contributed by atoms with Gasteiger partial charge in [0.05, 0.1) is 0 Å². The Balaban J connectivity index is 2.82. The molecule has 0 spiro atoms. The van der Waals surface area contributed by atoms with Gasteiger partial charge in [0.25, 0.3) is 0 Å². The van der Waals surface area contributed by atoms with Crippen molar-refractivity contribution >= 4 is 15.9 Å². The van der Waals surface area contributed by atoms with Crippen molar-refractivity contribution in [2.75, 3.05) is 13.1 Å². The van der Waals surface area contributed by atoms with E-state index in [0.29, 0.717) is 24.9 Å². The molecule has 96 valence electrons. The standard InChI is InChI=1S/C14H23BrN2/c1-3-12(6-11(8-16)9-17)13-5-4-10(2)14(15)7-13/h4-5,7,11-12H,3,6,8-9,16-17H2,1-2H3. The molecule has 1 unspecified atom stereocenters. The largest absolute Gasteiger partial charge is 0.330 e. The second kappa shape index (κ2) is 7.14. The fourth-order valence-corrected chi connectivity index (χ4v) is 2.49. The Labute approximate surface area is 113 Å². The first kappa shape index (κ1) is 14.7. The van der Waals surface area contributed by atoms with E-state index in [1.165, 1.54) is 15.6 Å². The molecule has 1 atom stereocenters. The van der Waals surface area contributed by atoms with Gasteiger partial charge in [0.2, 0.25) is 0 Å². The van der Waals surface area contributed by atoms with Crippen LogP contribution in [0.3, 0.4) is 0 Å². The van der Waals surface area contributed by atoms with Gasteiger partial charge in [-0.05, 0) is 61.9 Å². The van der Waals surface area contributed by atoms with E-state index in [4.69, 9.17) is 11.5 Å². The predicted octanol–water partition coefficient (Wildman–Crippen LogP) is 3.17. The predicted molar refractivity (Wildman–Crippen MR) is 78.1 cm³/mol. The molecule has 1 rings (SSSR count). The lowest BCUT2D eigenvalue weighted by molar-refractivity contribution is 0.442. The number of halogens is 1. The highest BCUT2D eigenvalue weighted by Crippen LogP contribution is 2.29. The van der Waals surface area contributed by atoms with Crippen LogP contribution in [-0.4, -0.2) is 13.1 Å². The zero-order valence-electron chi connectivity index (χ0n) is 10.7. The second-order valence-corrected chi connectivity index (χ2v) is 5.54. The SMILES string of the molecule is CCC(CC(CN)CN)c1ccc(C)c(Br)c1. The molecule has 17 heavy (non-hydrogen) atoms. The first-order chi connectivity index (χ1) is 8.12. The van der Waals surface area contributed by atoms with Gasteiger partial charge in [0.1, 0.15) is 0 Å². The lowest BCUT2D eigenvalue weighted by atomic mass is 9.86. The molecule has 0 fully saturated rings. The highest BCUT2D eigenvalue weighted by molar-refractivity contribution is 9.10. The van der Waals surface area contributed by atoms with Crippen molar-refractivity contribution < 1.29 is 0 Å². The summed E-state index contributed by atoms with van der Waals surface area (Å²) in [6, 6.07) is 6.62. The van der Waals surface area contributed by atoms with Crippen molar-refractivity contribution in [2.24, 2.45) is 17.4 Å². The molecule has 0 aromatic heterocycles. The summed E-state index contributed by atoms with van der Waals surface area (Å²) in [5.74, 6) is 0.990. The van der Waals surface area contributed by atoms with Crippen molar-refractivity contribution in [3.05, 3.63) is 33.8 Å². The van der Waals surface area contributed by atoms with E-state index < -0.39 is 0 Å². The van der Waals surface area contributed by atoms with Gasteiger partial charge in [-0.3, -0.25) is 0 Å². The van der Waals surface area contributed by atoms with E-state index in [0.717, 1.165) is 12.8 Å². The van der Waals surface area contributed by atoms with Gasteiger partial charge in [0, 0.05) is 4.47 Å². The van der Waals surface area contributed by atoms with Crippen LogP contribution in [0.5, 0.6) is 0 Å². The maximum absolute atomic E-state index is 5.73. The summed E-state index contributed by atoms with van der Waals surface area (Å²) in [7, 11) is 0. The van der Waals surface area contributed by atoms with Gasteiger partial charge in [-0.2, -0.15) is 0 Å². The average Bonchev–Trinajstić information content (AvgIpc) is 2.35. The smallest absolute Gasteiger partial charge is 0.0207 e. The van der Waals surface area contributed by atoms with E-state index >= 15 is 0 Å². The normalized spacial score (nSPS) is 13.1. The Morgan fingerprint density at radius 1 is 1.24 bits per heavy atom. The molecule has 0 heterocycles. The molecule has 4 N–H and O–H groups in total. The van der Waals surface area contributed by atoms with E-state index in [9.17, 15) is 0 Å².